The molecule has 1 aliphatic heterocycles. The largest absolute Gasteiger partial charge is 0.324 e. The number of rotatable bonds is 3. The van der Waals surface area contributed by atoms with E-state index in [2.05, 4.69) is 10.3 Å². The van der Waals surface area contributed by atoms with Crippen molar-refractivity contribution in [2.75, 3.05) is 16.8 Å². The van der Waals surface area contributed by atoms with Crippen LogP contribution in [-0.4, -0.2) is 23.3 Å². The van der Waals surface area contributed by atoms with Gasteiger partial charge in [-0.25, -0.2) is 8.78 Å². The number of nitrogens with zero attached hydrogens (tertiary/aromatic N) is 2. The van der Waals surface area contributed by atoms with Gasteiger partial charge in [-0.15, -0.1) is 0 Å². The maximum absolute atomic E-state index is 14.0. The van der Waals surface area contributed by atoms with Crippen molar-refractivity contribution < 1.29 is 18.4 Å². The Morgan fingerprint density at radius 2 is 1.96 bits per heavy atom. The molecule has 2 amide bonds. The van der Waals surface area contributed by atoms with Crippen molar-refractivity contribution in [1.82, 2.24) is 4.98 Å². The number of anilines is 2. The molecule has 7 heteroatoms. The Balaban J connectivity index is 1.77. The first kappa shape index (κ1) is 18.0. The Labute approximate surface area is 150 Å². The van der Waals surface area contributed by atoms with E-state index in [9.17, 15) is 18.4 Å². The van der Waals surface area contributed by atoms with E-state index in [1.54, 1.807) is 6.92 Å². The van der Waals surface area contributed by atoms with Gasteiger partial charge in [-0.2, -0.15) is 0 Å². The zero-order valence-corrected chi connectivity index (χ0v) is 14.8. The molecule has 0 radical (unpaired) electrons. The molecule has 1 atom stereocenters. The van der Waals surface area contributed by atoms with E-state index in [4.69, 9.17) is 0 Å². The molecule has 1 aromatic carbocycles. The first-order valence-corrected chi connectivity index (χ1v) is 8.27. The molecule has 26 heavy (non-hydrogen) atoms. The highest BCUT2D eigenvalue weighted by molar-refractivity contribution is 6.03. The Kier molecular flexibility index (Phi) is 4.71. The van der Waals surface area contributed by atoms with Crippen LogP contribution in [-0.2, 0) is 9.59 Å². The van der Waals surface area contributed by atoms with Gasteiger partial charge in [0.05, 0.1) is 23.0 Å². The summed E-state index contributed by atoms with van der Waals surface area (Å²) >= 11 is 0. The monoisotopic (exact) mass is 359 g/mol. The van der Waals surface area contributed by atoms with E-state index < -0.39 is 17.6 Å². The Morgan fingerprint density at radius 1 is 1.23 bits per heavy atom. The van der Waals surface area contributed by atoms with E-state index >= 15 is 0 Å². The number of carbonyl (C=O) groups excluding carboxylic acids is 2. The number of hydrogen-bond acceptors (Lipinski definition) is 3. The fourth-order valence-electron chi connectivity index (χ4n) is 3.25. The van der Waals surface area contributed by atoms with Crippen LogP contribution in [0.15, 0.2) is 24.3 Å². The number of nitrogens with one attached hydrogen (secondary N) is 1. The zero-order chi connectivity index (χ0) is 19.0. The van der Waals surface area contributed by atoms with E-state index in [1.165, 1.54) is 11.0 Å². The second kappa shape index (κ2) is 6.82. The summed E-state index contributed by atoms with van der Waals surface area (Å²) in [5.74, 6) is -2.85. The van der Waals surface area contributed by atoms with Crippen LogP contribution in [0, 0.1) is 38.3 Å². The summed E-state index contributed by atoms with van der Waals surface area (Å²) in [5, 5.41) is 2.83. The second-order valence-corrected chi connectivity index (χ2v) is 6.53. The number of pyridine rings is 1. The molecule has 0 unspecified atom stereocenters. The molecule has 1 saturated heterocycles. The van der Waals surface area contributed by atoms with Crippen LogP contribution in [0.4, 0.5) is 20.2 Å². The third kappa shape index (κ3) is 3.42. The maximum Gasteiger partial charge on any atom is 0.229 e. The fraction of sp³-hybridized carbons (Fsp3) is 0.316. The summed E-state index contributed by atoms with van der Waals surface area (Å²) in [7, 11) is 0. The molecule has 3 rings (SSSR count). The fourth-order valence-corrected chi connectivity index (χ4v) is 3.25. The highest BCUT2D eigenvalue weighted by Gasteiger charge is 2.36. The number of benzene rings is 1. The van der Waals surface area contributed by atoms with Crippen LogP contribution >= 0.6 is 0 Å². The average Bonchev–Trinajstić information content (AvgIpc) is 2.92. The van der Waals surface area contributed by atoms with Gasteiger partial charge in [-0.3, -0.25) is 14.6 Å². The van der Waals surface area contributed by atoms with Gasteiger partial charge in [-0.1, -0.05) is 0 Å². The molecule has 0 aliphatic carbocycles. The van der Waals surface area contributed by atoms with Crippen molar-refractivity contribution in [3.63, 3.8) is 0 Å². The second-order valence-electron chi connectivity index (χ2n) is 6.53. The minimum atomic E-state index is -0.825. The van der Waals surface area contributed by atoms with E-state index in [1.807, 2.05) is 19.9 Å². The Morgan fingerprint density at radius 3 is 2.62 bits per heavy atom. The summed E-state index contributed by atoms with van der Waals surface area (Å²) in [5.41, 5.74) is 3.04. The van der Waals surface area contributed by atoms with Gasteiger partial charge < -0.3 is 10.2 Å². The topological polar surface area (TPSA) is 62.3 Å². The molecule has 1 fully saturated rings. The summed E-state index contributed by atoms with van der Waals surface area (Å²) in [6, 6.07) is 4.88. The lowest BCUT2D eigenvalue weighted by atomic mass is 10.1. The molecular formula is C19H19F2N3O2. The molecule has 1 aromatic heterocycles. The number of halogens is 2. The van der Waals surface area contributed by atoms with E-state index in [0.29, 0.717) is 11.4 Å². The molecule has 0 bridgehead atoms. The van der Waals surface area contributed by atoms with Crippen molar-refractivity contribution in [2.45, 2.75) is 27.2 Å². The predicted molar refractivity (Wildman–Crippen MR) is 93.9 cm³/mol. The van der Waals surface area contributed by atoms with Crippen LogP contribution < -0.4 is 10.2 Å². The average molecular weight is 359 g/mol. The molecule has 2 aromatic rings. The molecule has 1 aliphatic rings. The van der Waals surface area contributed by atoms with E-state index in [-0.39, 0.29) is 30.5 Å². The highest BCUT2D eigenvalue weighted by atomic mass is 19.1. The summed E-state index contributed by atoms with van der Waals surface area (Å²) in [4.78, 5) is 30.3. The van der Waals surface area contributed by atoms with Gasteiger partial charge in [0, 0.05) is 24.7 Å². The maximum atomic E-state index is 14.0. The minimum Gasteiger partial charge on any atom is -0.324 e. The molecule has 0 spiro atoms. The van der Waals surface area contributed by atoms with Gasteiger partial charge in [-0.05, 0) is 44.5 Å². The van der Waals surface area contributed by atoms with Gasteiger partial charge in [0.25, 0.3) is 0 Å². The molecule has 5 nitrogen and oxygen atoms in total. The van der Waals surface area contributed by atoms with Crippen molar-refractivity contribution >= 4 is 23.2 Å². The summed E-state index contributed by atoms with van der Waals surface area (Å²) in [6.07, 6.45) is -0.0277. The van der Waals surface area contributed by atoms with Crippen LogP contribution in [0.25, 0.3) is 0 Å². The van der Waals surface area contributed by atoms with E-state index in [0.717, 1.165) is 23.4 Å². The third-order valence-corrected chi connectivity index (χ3v) is 4.47. The normalized spacial score (nSPS) is 16.9. The van der Waals surface area contributed by atoms with Crippen LogP contribution in [0.5, 0.6) is 0 Å². The van der Waals surface area contributed by atoms with Crippen molar-refractivity contribution in [2.24, 2.45) is 5.92 Å². The lowest BCUT2D eigenvalue weighted by molar-refractivity contribution is -0.122. The Bertz CT molecular complexity index is 875. The highest BCUT2D eigenvalue weighted by Crippen LogP contribution is 2.29. The molecule has 136 valence electrons. The first-order valence-electron chi connectivity index (χ1n) is 8.27. The molecule has 1 N–H and O–H groups in total. The predicted octanol–water partition coefficient (Wildman–Crippen LogP) is 3.28. The van der Waals surface area contributed by atoms with Crippen molar-refractivity contribution in [1.29, 1.82) is 0 Å². The quantitative estimate of drug-likeness (QED) is 0.915. The number of amides is 2. The third-order valence-electron chi connectivity index (χ3n) is 4.47. The lowest BCUT2D eigenvalue weighted by Crippen LogP contribution is -2.29. The standard InChI is InChI=1S/C19H19F2N3O2/c1-10-6-11(2)22-12(3)18(10)23-19(26)13-7-17(25)24(9-13)16-5-4-14(20)8-15(16)21/h4-6,8,13H,7,9H2,1-3H3,(H,23,26)/t13-/m1/s1. The molecule has 2 heterocycles. The van der Waals surface area contributed by atoms with Gasteiger partial charge in [0.1, 0.15) is 11.6 Å². The number of hydrogen-bond donors (Lipinski definition) is 1. The molecular weight excluding hydrogens is 340 g/mol. The summed E-state index contributed by atoms with van der Waals surface area (Å²) < 4.78 is 27.0. The summed E-state index contributed by atoms with van der Waals surface area (Å²) in [6.45, 7) is 5.59. The number of carbonyl (C=O) groups is 2. The van der Waals surface area contributed by atoms with Gasteiger partial charge in [0.2, 0.25) is 11.8 Å². The first-order chi connectivity index (χ1) is 12.3. The van der Waals surface area contributed by atoms with Crippen LogP contribution in [0.3, 0.4) is 0 Å². The van der Waals surface area contributed by atoms with Gasteiger partial charge in [0.15, 0.2) is 0 Å². The van der Waals surface area contributed by atoms with Crippen LogP contribution in [0.1, 0.15) is 23.4 Å². The Hall–Kier alpha value is -2.83. The molecule has 0 saturated carbocycles. The lowest BCUT2D eigenvalue weighted by Gasteiger charge is -2.18. The smallest absolute Gasteiger partial charge is 0.229 e. The van der Waals surface area contributed by atoms with Crippen molar-refractivity contribution in [3.8, 4) is 0 Å². The SMILES string of the molecule is Cc1cc(C)c(NC(=O)[C@@H]2CC(=O)N(c3ccc(F)cc3F)C2)c(C)n1. The van der Waals surface area contributed by atoms with Crippen LogP contribution in [0.2, 0.25) is 0 Å². The number of aromatic nitrogens is 1. The van der Waals surface area contributed by atoms with Crippen molar-refractivity contribution in [3.05, 3.63) is 52.9 Å². The zero-order valence-electron chi connectivity index (χ0n) is 14.8. The minimum absolute atomic E-state index is 0.0175. The van der Waals surface area contributed by atoms with Gasteiger partial charge >= 0.3 is 0 Å². The number of aryl methyl sites for hydroxylation is 3.